The lowest BCUT2D eigenvalue weighted by atomic mass is 10.1. The molecule has 0 unspecified atom stereocenters. The van der Waals surface area contributed by atoms with Crippen LogP contribution in [0.4, 0.5) is 5.69 Å². The quantitative estimate of drug-likeness (QED) is 0.550. The fraction of sp³-hybridized carbons (Fsp3) is 0. The average molecular weight is 201 g/mol. The number of nitro groups is 1. The number of hydrogen-bond acceptors (Lipinski definition) is 4. The second-order valence-electron chi connectivity index (χ2n) is 2.89. The molecule has 0 aromatic carbocycles. The maximum atomic E-state index is 10.7. The highest BCUT2D eigenvalue weighted by molar-refractivity contribution is 5.71. The van der Waals surface area contributed by atoms with Crippen LogP contribution in [0.5, 0.6) is 0 Å². The van der Waals surface area contributed by atoms with Crippen LogP contribution in [-0.4, -0.2) is 14.9 Å². The van der Waals surface area contributed by atoms with Crippen molar-refractivity contribution in [3.05, 3.63) is 53.1 Å². The van der Waals surface area contributed by atoms with Crippen molar-refractivity contribution >= 4 is 5.69 Å². The predicted molar refractivity (Wildman–Crippen MR) is 54.1 cm³/mol. The first kappa shape index (κ1) is 9.26. The second kappa shape index (κ2) is 3.83. The van der Waals surface area contributed by atoms with Gasteiger partial charge in [0.05, 0.1) is 10.5 Å². The summed E-state index contributed by atoms with van der Waals surface area (Å²) in [6.45, 7) is 0. The van der Waals surface area contributed by atoms with Crippen LogP contribution in [0.15, 0.2) is 43.0 Å². The van der Waals surface area contributed by atoms with Gasteiger partial charge in [-0.15, -0.1) is 0 Å². The lowest BCUT2D eigenvalue weighted by molar-refractivity contribution is -0.384. The molecule has 74 valence electrons. The molecule has 0 atom stereocenters. The number of aromatic nitrogens is 2. The van der Waals surface area contributed by atoms with E-state index in [2.05, 4.69) is 9.97 Å². The molecule has 0 amide bonds. The molecular weight excluding hydrogens is 194 g/mol. The minimum atomic E-state index is -0.442. The Kier molecular flexibility index (Phi) is 2.37. The molecule has 0 saturated carbocycles. The van der Waals surface area contributed by atoms with Crippen molar-refractivity contribution in [2.24, 2.45) is 0 Å². The van der Waals surface area contributed by atoms with Gasteiger partial charge in [0.2, 0.25) is 0 Å². The first-order valence-corrected chi connectivity index (χ1v) is 4.28. The standard InChI is InChI=1S/C10H7N3O2/c14-13(15)10-7-12-6-3-9(10)8-1-4-11-5-2-8/h1-7H. The van der Waals surface area contributed by atoms with Gasteiger partial charge in [-0.05, 0) is 23.8 Å². The summed E-state index contributed by atoms with van der Waals surface area (Å²) in [6, 6.07) is 5.07. The van der Waals surface area contributed by atoms with Gasteiger partial charge in [-0.25, -0.2) is 0 Å². The highest BCUT2D eigenvalue weighted by atomic mass is 16.6. The van der Waals surface area contributed by atoms with Gasteiger partial charge in [-0.2, -0.15) is 0 Å². The summed E-state index contributed by atoms with van der Waals surface area (Å²) in [5, 5.41) is 10.7. The molecule has 0 N–H and O–H groups in total. The highest BCUT2D eigenvalue weighted by Gasteiger charge is 2.14. The Balaban J connectivity index is 2.58. The summed E-state index contributed by atoms with van der Waals surface area (Å²) in [5.74, 6) is 0. The molecule has 5 heteroatoms. The summed E-state index contributed by atoms with van der Waals surface area (Å²) < 4.78 is 0. The average Bonchev–Trinajstić information content (AvgIpc) is 2.30. The summed E-state index contributed by atoms with van der Waals surface area (Å²) in [7, 11) is 0. The topological polar surface area (TPSA) is 68.9 Å². The zero-order valence-corrected chi connectivity index (χ0v) is 7.70. The summed E-state index contributed by atoms with van der Waals surface area (Å²) >= 11 is 0. The van der Waals surface area contributed by atoms with Crippen molar-refractivity contribution < 1.29 is 4.92 Å². The van der Waals surface area contributed by atoms with Gasteiger partial charge in [0, 0.05) is 18.6 Å². The van der Waals surface area contributed by atoms with Gasteiger partial charge in [-0.3, -0.25) is 20.1 Å². The van der Waals surface area contributed by atoms with Crippen molar-refractivity contribution in [2.45, 2.75) is 0 Å². The lowest BCUT2D eigenvalue weighted by Gasteiger charge is -2.00. The van der Waals surface area contributed by atoms with Crippen LogP contribution in [0.1, 0.15) is 0 Å². The molecule has 2 rings (SSSR count). The smallest absolute Gasteiger partial charge is 0.265 e. The van der Waals surface area contributed by atoms with Gasteiger partial charge in [0.1, 0.15) is 6.20 Å². The van der Waals surface area contributed by atoms with Crippen LogP contribution in [0, 0.1) is 10.1 Å². The molecule has 5 nitrogen and oxygen atoms in total. The molecule has 0 radical (unpaired) electrons. The van der Waals surface area contributed by atoms with Crippen LogP contribution in [0.2, 0.25) is 0 Å². The first-order valence-electron chi connectivity index (χ1n) is 4.28. The third-order valence-corrected chi connectivity index (χ3v) is 1.99. The molecule has 0 saturated heterocycles. The Bertz CT molecular complexity index is 485. The van der Waals surface area contributed by atoms with Crippen molar-refractivity contribution in [1.82, 2.24) is 9.97 Å². The fourth-order valence-electron chi connectivity index (χ4n) is 1.31. The van der Waals surface area contributed by atoms with Crippen molar-refractivity contribution in [3.63, 3.8) is 0 Å². The highest BCUT2D eigenvalue weighted by Crippen LogP contribution is 2.27. The largest absolute Gasteiger partial charge is 0.295 e. The van der Waals surface area contributed by atoms with E-state index in [9.17, 15) is 10.1 Å². The van der Waals surface area contributed by atoms with Crippen molar-refractivity contribution in [2.75, 3.05) is 0 Å². The Hall–Kier alpha value is -2.30. The molecule has 0 spiro atoms. The van der Waals surface area contributed by atoms with Gasteiger partial charge in [0.25, 0.3) is 5.69 Å². The first-order chi connectivity index (χ1) is 7.29. The molecule has 15 heavy (non-hydrogen) atoms. The second-order valence-corrected chi connectivity index (χ2v) is 2.89. The van der Waals surface area contributed by atoms with E-state index >= 15 is 0 Å². The molecule has 2 aromatic rings. The van der Waals surface area contributed by atoms with E-state index in [0.717, 1.165) is 5.56 Å². The number of hydrogen-bond donors (Lipinski definition) is 0. The van der Waals surface area contributed by atoms with Crippen LogP contribution in [0.25, 0.3) is 11.1 Å². The normalized spacial score (nSPS) is 9.87. The van der Waals surface area contributed by atoms with E-state index in [0.29, 0.717) is 5.56 Å². The van der Waals surface area contributed by atoms with E-state index in [1.807, 2.05) is 0 Å². The van der Waals surface area contributed by atoms with Crippen LogP contribution in [-0.2, 0) is 0 Å². The maximum absolute atomic E-state index is 10.7. The van der Waals surface area contributed by atoms with E-state index in [1.165, 1.54) is 12.4 Å². The monoisotopic (exact) mass is 201 g/mol. The molecule has 2 heterocycles. The number of pyridine rings is 2. The maximum Gasteiger partial charge on any atom is 0.295 e. The summed E-state index contributed by atoms with van der Waals surface area (Å²) in [4.78, 5) is 17.9. The van der Waals surface area contributed by atoms with E-state index in [-0.39, 0.29) is 5.69 Å². The molecular formula is C10H7N3O2. The van der Waals surface area contributed by atoms with E-state index in [4.69, 9.17) is 0 Å². The van der Waals surface area contributed by atoms with Crippen LogP contribution >= 0.6 is 0 Å². The number of rotatable bonds is 2. The summed E-state index contributed by atoms with van der Waals surface area (Å²) in [5.41, 5.74) is 1.32. The SMILES string of the molecule is O=[N+]([O-])c1cnccc1-c1ccncc1. The third-order valence-electron chi connectivity index (χ3n) is 1.99. The van der Waals surface area contributed by atoms with Gasteiger partial charge in [0.15, 0.2) is 0 Å². The molecule has 0 aliphatic rings. The Labute approximate surface area is 85.6 Å². The van der Waals surface area contributed by atoms with E-state index in [1.54, 1.807) is 30.6 Å². The predicted octanol–water partition coefficient (Wildman–Crippen LogP) is 2.05. The molecule has 0 aliphatic heterocycles. The Morgan fingerprint density at radius 2 is 1.73 bits per heavy atom. The minimum Gasteiger partial charge on any atom is -0.265 e. The molecule has 0 fully saturated rings. The lowest BCUT2D eigenvalue weighted by Crippen LogP contribution is -1.92. The van der Waals surface area contributed by atoms with Crippen LogP contribution in [0.3, 0.4) is 0 Å². The molecule has 0 bridgehead atoms. The Morgan fingerprint density at radius 3 is 2.40 bits per heavy atom. The summed E-state index contributed by atoms with van der Waals surface area (Å²) in [6.07, 6.45) is 5.97. The number of nitrogens with zero attached hydrogens (tertiary/aromatic N) is 3. The van der Waals surface area contributed by atoms with Gasteiger partial charge in [-0.1, -0.05) is 0 Å². The van der Waals surface area contributed by atoms with Crippen molar-refractivity contribution in [1.29, 1.82) is 0 Å². The van der Waals surface area contributed by atoms with Crippen LogP contribution < -0.4 is 0 Å². The van der Waals surface area contributed by atoms with Crippen molar-refractivity contribution in [3.8, 4) is 11.1 Å². The fourth-order valence-corrected chi connectivity index (χ4v) is 1.31. The minimum absolute atomic E-state index is 0.00343. The Morgan fingerprint density at radius 1 is 1.07 bits per heavy atom. The van der Waals surface area contributed by atoms with Gasteiger partial charge < -0.3 is 0 Å². The third kappa shape index (κ3) is 1.80. The zero-order valence-electron chi connectivity index (χ0n) is 7.70. The molecule has 0 aliphatic carbocycles. The van der Waals surface area contributed by atoms with E-state index < -0.39 is 4.92 Å². The zero-order chi connectivity index (χ0) is 10.7. The molecule has 2 aromatic heterocycles. The van der Waals surface area contributed by atoms with Gasteiger partial charge >= 0.3 is 0 Å².